The fraction of sp³-hybridized carbons (Fsp3) is 0. The molecule has 4 aromatic rings. The number of rotatable bonds is 5. The summed E-state index contributed by atoms with van der Waals surface area (Å²) in [5.41, 5.74) is 40.4. The molecule has 0 aliphatic carbocycles. The van der Waals surface area contributed by atoms with Gasteiger partial charge in [0.05, 0.1) is 5.56 Å². The van der Waals surface area contributed by atoms with Gasteiger partial charge >= 0.3 is 5.97 Å². The number of azide groups is 4. The van der Waals surface area contributed by atoms with Crippen LogP contribution < -0.4 is 5.73 Å². The average molecular weight is 584 g/mol. The first-order valence-electron chi connectivity index (χ1n) is 11.2. The van der Waals surface area contributed by atoms with Crippen LogP contribution in [0.1, 0.15) is 10.4 Å². The summed E-state index contributed by atoms with van der Waals surface area (Å²) in [7, 11) is 0. The third kappa shape index (κ3) is 14.5. The zero-order valence-electron chi connectivity index (χ0n) is 21.4. The third-order valence-corrected chi connectivity index (χ3v) is 4.65. The molecule has 0 unspecified atom stereocenters. The molecule has 0 atom stereocenters. The van der Waals surface area contributed by atoms with Crippen molar-refractivity contribution >= 4 is 47.0 Å². The molecule has 0 aliphatic rings. The summed E-state index contributed by atoms with van der Waals surface area (Å²) >= 11 is 4.07. The highest BCUT2D eigenvalue weighted by Gasteiger charge is 1.99. The number of carbonyl (C=O) groups is 1. The lowest BCUT2D eigenvalue weighted by atomic mass is 10.2. The minimum atomic E-state index is -0.998. The molecule has 0 aromatic heterocycles. The second-order valence-corrected chi connectivity index (χ2v) is 7.75. The predicted octanol–water partition coefficient (Wildman–Crippen LogP) is 9.79. The van der Waals surface area contributed by atoms with E-state index in [1.807, 2.05) is 0 Å². The Morgan fingerprint density at radius 1 is 0.595 bits per heavy atom. The van der Waals surface area contributed by atoms with Crippen molar-refractivity contribution in [2.75, 3.05) is 5.73 Å². The summed E-state index contributed by atoms with van der Waals surface area (Å²) in [4.78, 5) is 21.6. The number of phenolic OH excluding ortho intramolecular Hbond substituents is 1. The van der Waals surface area contributed by atoms with E-state index in [1.165, 1.54) is 48.5 Å². The number of phenols is 1. The molecule has 210 valence electrons. The molecule has 4 N–H and O–H groups in total. The first-order chi connectivity index (χ1) is 20.2. The topological polar surface area (TPSA) is 279 Å². The molecule has 0 amide bonds. The van der Waals surface area contributed by atoms with Crippen molar-refractivity contribution in [2.24, 2.45) is 20.5 Å². The van der Waals surface area contributed by atoms with E-state index in [-0.39, 0.29) is 11.3 Å². The summed E-state index contributed by atoms with van der Waals surface area (Å²) in [5, 5.41) is 30.7. The first-order valence-corrected chi connectivity index (χ1v) is 11.6. The monoisotopic (exact) mass is 583 g/mol. The van der Waals surface area contributed by atoms with Crippen LogP contribution in [0.25, 0.3) is 41.8 Å². The van der Waals surface area contributed by atoms with Gasteiger partial charge in [-0.05, 0) is 82.8 Å². The molecule has 0 heterocycles. The van der Waals surface area contributed by atoms with Crippen LogP contribution in [0.4, 0.5) is 28.4 Å². The number of aromatic carboxylic acids is 1. The van der Waals surface area contributed by atoms with Crippen LogP contribution in [0.15, 0.2) is 122 Å². The molecule has 0 aliphatic heterocycles. The van der Waals surface area contributed by atoms with E-state index in [9.17, 15) is 4.79 Å². The van der Waals surface area contributed by atoms with Crippen molar-refractivity contribution in [2.45, 2.75) is 4.90 Å². The van der Waals surface area contributed by atoms with Crippen LogP contribution in [0.3, 0.4) is 0 Å². The second kappa shape index (κ2) is 19.6. The Labute approximate surface area is 243 Å². The van der Waals surface area contributed by atoms with Gasteiger partial charge in [0.25, 0.3) is 0 Å². The number of hydrogen-bond donors (Lipinski definition) is 4. The highest BCUT2D eigenvalue weighted by molar-refractivity contribution is 7.80. The number of carboxylic acids is 1. The van der Waals surface area contributed by atoms with E-state index in [2.05, 4.69) is 52.7 Å². The van der Waals surface area contributed by atoms with Gasteiger partial charge in [-0.2, -0.15) is 0 Å². The summed E-state index contributed by atoms with van der Waals surface area (Å²) in [6, 6.07) is 25.3. The smallest absolute Gasteiger partial charge is 0.335 e. The van der Waals surface area contributed by atoms with Crippen LogP contribution in [-0.4, -0.2) is 16.2 Å². The van der Waals surface area contributed by atoms with Gasteiger partial charge in [-0.25, -0.2) is 4.79 Å². The number of nitrogens with two attached hydrogens (primary N) is 1. The van der Waals surface area contributed by atoms with Crippen molar-refractivity contribution in [3.05, 3.63) is 144 Å². The molecule has 4 aromatic carbocycles. The number of aromatic hydroxyl groups is 1. The minimum absolute atomic E-state index is 0.164. The molecule has 42 heavy (non-hydrogen) atoms. The predicted molar refractivity (Wildman–Crippen MR) is 161 cm³/mol. The zero-order valence-corrected chi connectivity index (χ0v) is 22.3. The molecular formula is C25H21N13O3S. The Morgan fingerprint density at radius 2 is 0.905 bits per heavy atom. The fourth-order valence-electron chi connectivity index (χ4n) is 2.46. The van der Waals surface area contributed by atoms with Crippen LogP contribution in [0.5, 0.6) is 5.75 Å². The standard InChI is InChI=1S/C7H5N3O2.C6H6N4.C6H5N3O.C6H5N3S/c8-10-9-6-3-1-5(2-4-6)7(11)12;7-5-1-3-6(4-2-5)9-10-8;2*7-9-8-5-1-3-6(10)4-2-5/h1-4H,(H,11,12);1-4H,7H2;2*1-4,10H. The first kappa shape index (κ1) is 33.6. The van der Waals surface area contributed by atoms with Gasteiger partial charge in [0.15, 0.2) is 0 Å². The SMILES string of the molecule is [N-]=[N+]=Nc1ccc(C(=O)O)cc1.[N-]=[N+]=Nc1ccc(N)cc1.[N-]=[N+]=Nc1ccc(O)cc1.[N-]=[N+]=Nc1ccc(S)cc1. The highest BCUT2D eigenvalue weighted by atomic mass is 32.1. The molecule has 0 saturated heterocycles. The van der Waals surface area contributed by atoms with Gasteiger partial charge in [-0.1, -0.05) is 56.9 Å². The number of carboxylic acid groups (broad SMARTS) is 1. The Hall–Kier alpha value is -6.46. The van der Waals surface area contributed by atoms with Gasteiger partial charge in [0.1, 0.15) is 5.75 Å². The Bertz CT molecular complexity index is 1460. The normalized spacial score (nSPS) is 8.50. The Morgan fingerprint density at radius 3 is 1.24 bits per heavy atom. The van der Waals surface area contributed by atoms with Gasteiger partial charge in [0, 0.05) is 53.0 Å². The summed E-state index contributed by atoms with van der Waals surface area (Å²) in [5.74, 6) is -0.834. The molecule has 0 fully saturated rings. The quantitative estimate of drug-likeness (QED) is 0.0586. The van der Waals surface area contributed by atoms with Crippen LogP contribution in [0.2, 0.25) is 0 Å². The maximum Gasteiger partial charge on any atom is 0.335 e. The van der Waals surface area contributed by atoms with Gasteiger partial charge in [-0.3, -0.25) is 0 Å². The number of benzene rings is 4. The lowest BCUT2D eigenvalue weighted by Gasteiger charge is -1.92. The Balaban J connectivity index is 0.000000281. The van der Waals surface area contributed by atoms with E-state index in [0.717, 1.165) is 4.90 Å². The van der Waals surface area contributed by atoms with Crippen molar-refractivity contribution in [3.63, 3.8) is 0 Å². The molecule has 17 heteroatoms. The van der Waals surface area contributed by atoms with Crippen molar-refractivity contribution in [3.8, 4) is 5.75 Å². The lowest BCUT2D eigenvalue weighted by molar-refractivity contribution is 0.0697. The highest BCUT2D eigenvalue weighted by Crippen LogP contribution is 2.17. The average Bonchev–Trinajstić information content (AvgIpc) is 2.99. The number of nitrogens with zero attached hydrogens (tertiary/aromatic N) is 12. The molecule has 0 bridgehead atoms. The maximum atomic E-state index is 10.4. The van der Waals surface area contributed by atoms with Crippen molar-refractivity contribution in [1.29, 1.82) is 0 Å². The molecule has 16 nitrogen and oxygen atoms in total. The van der Waals surface area contributed by atoms with E-state index in [1.54, 1.807) is 48.5 Å². The van der Waals surface area contributed by atoms with E-state index in [0.29, 0.717) is 28.4 Å². The Kier molecular flexibility index (Phi) is 15.7. The zero-order chi connectivity index (χ0) is 31.2. The molecule has 0 spiro atoms. The van der Waals surface area contributed by atoms with Crippen LogP contribution in [-0.2, 0) is 0 Å². The second-order valence-electron chi connectivity index (χ2n) is 7.23. The van der Waals surface area contributed by atoms with E-state index < -0.39 is 5.97 Å². The largest absolute Gasteiger partial charge is 0.508 e. The summed E-state index contributed by atoms with van der Waals surface area (Å²) in [6.07, 6.45) is 0. The third-order valence-electron chi connectivity index (χ3n) is 4.35. The minimum Gasteiger partial charge on any atom is -0.508 e. The van der Waals surface area contributed by atoms with E-state index in [4.69, 9.17) is 38.1 Å². The number of nitrogen functional groups attached to an aromatic ring is 1. The van der Waals surface area contributed by atoms with Crippen molar-refractivity contribution < 1.29 is 15.0 Å². The summed E-state index contributed by atoms with van der Waals surface area (Å²) in [6.45, 7) is 0. The number of hydrogen-bond acceptors (Lipinski definition) is 8. The van der Waals surface area contributed by atoms with Crippen molar-refractivity contribution in [1.82, 2.24) is 0 Å². The molecular weight excluding hydrogens is 562 g/mol. The fourth-order valence-corrected chi connectivity index (χ4v) is 2.61. The molecule has 4 rings (SSSR count). The maximum absolute atomic E-state index is 10.4. The van der Waals surface area contributed by atoms with Gasteiger partial charge in [-0.15, -0.1) is 12.6 Å². The van der Waals surface area contributed by atoms with E-state index >= 15 is 0 Å². The molecule has 0 radical (unpaired) electrons. The number of thiol groups is 1. The van der Waals surface area contributed by atoms with Gasteiger partial charge in [0.2, 0.25) is 0 Å². The van der Waals surface area contributed by atoms with Gasteiger partial charge < -0.3 is 15.9 Å². The summed E-state index contributed by atoms with van der Waals surface area (Å²) < 4.78 is 0. The lowest BCUT2D eigenvalue weighted by Crippen LogP contribution is -1.93. The van der Waals surface area contributed by atoms with Crippen LogP contribution >= 0.6 is 12.6 Å². The van der Waals surface area contributed by atoms with Crippen LogP contribution in [0, 0.1) is 0 Å². The number of anilines is 1. The molecule has 0 saturated carbocycles.